The minimum atomic E-state index is -0.529. The quantitative estimate of drug-likeness (QED) is 0.652. The Kier molecular flexibility index (Phi) is 4.67. The number of aromatic nitrogens is 1. The Labute approximate surface area is 127 Å². The Morgan fingerprint density at radius 3 is 2.77 bits per heavy atom. The highest BCUT2D eigenvalue weighted by Gasteiger charge is 2.16. The second-order valence-electron chi connectivity index (χ2n) is 4.69. The van der Waals surface area contributed by atoms with Crippen LogP contribution in [-0.4, -0.2) is 22.9 Å². The van der Waals surface area contributed by atoms with Gasteiger partial charge < -0.3 is 10.6 Å². The monoisotopic (exact) mass is 300 g/mol. The lowest BCUT2D eigenvalue weighted by molar-refractivity contribution is -0.384. The molecule has 1 aromatic carbocycles. The van der Waals surface area contributed by atoms with Crippen LogP contribution in [0.4, 0.5) is 11.4 Å². The molecule has 2 rings (SSSR count). The summed E-state index contributed by atoms with van der Waals surface area (Å²) in [5.41, 5.74) is 2.50. The molecule has 1 heterocycles. The lowest BCUT2D eigenvalue weighted by Gasteiger charge is -2.12. The third kappa shape index (κ3) is 3.38. The molecular formula is C15H16N4O3. The first-order valence-corrected chi connectivity index (χ1v) is 6.68. The van der Waals surface area contributed by atoms with Crippen molar-refractivity contribution < 1.29 is 9.72 Å². The van der Waals surface area contributed by atoms with Gasteiger partial charge in [-0.3, -0.25) is 19.9 Å². The number of aryl methyl sites for hydroxylation is 1. The van der Waals surface area contributed by atoms with Crippen LogP contribution in [0.2, 0.25) is 0 Å². The van der Waals surface area contributed by atoms with Crippen molar-refractivity contribution >= 4 is 17.3 Å². The molecule has 0 atom stereocenters. The number of carbonyl (C=O) groups is 1. The van der Waals surface area contributed by atoms with E-state index >= 15 is 0 Å². The fraction of sp³-hybridized carbons (Fsp3) is 0.200. The van der Waals surface area contributed by atoms with Gasteiger partial charge in [0.15, 0.2) is 0 Å². The molecule has 0 saturated heterocycles. The highest BCUT2D eigenvalue weighted by Crippen LogP contribution is 2.23. The molecule has 1 amide bonds. The number of pyridine rings is 1. The maximum absolute atomic E-state index is 11.9. The van der Waals surface area contributed by atoms with Crippen LogP contribution in [0.5, 0.6) is 0 Å². The van der Waals surface area contributed by atoms with Gasteiger partial charge in [0.2, 0.25) is 0 Å². The summed E-state index contributed by atoms with van der Waals surface area (Å²) in [5, 5.41) is 16.4. The summed E-state index contributed by atoms with van der Waals surface area (Å²) < 4.78 is 0. The van der Waals surface area contributed by atoms with Crippen molar-refractivity contribution in [2.24, 2.45) is 0 Å². The molecule has 0 radical (unpaired) electrons. The first-order valence-electron chi connectivity index (χ1n) is 6.68. The van der Waals surface area contributed by atoms with E-state index in [1.165, 1.54) is 25.2 Å². The van der Waals surface area contributed by atoms with Crippen LogP contribution in [0.1, 0.15) is 21.6 Å². The summed E-state index contributed by atoms with van der Waals surface area (Å²) in [6.07, 6.45) is 1.69. The van der Waals surface area contributed by atoms with Crippen LogP contribution in [0.25, 0.3) is 0 Å². The van der Waals surface area contributed by atoms with Crippen LogP contribution in [0, 0.1) is 17.0 Å². The maximum Gasteiger partial charge on any atom is 0.270 e. The smallest absolute Gasteiger partial charge is 0.270 e. The van der Waals surface area contributed by atoms with E-state index in [1.54, 1.807) is 6.20 Å². The van der Waals surface area contributed by atoms with Crippen LogP contribution < -0.4 is 10.6 Å². The summed E-state index contributed by atoms with van der Waals surface area (Å²) in [6.45, 7) is 2.37. The van der Waals surface area contributed by atoms with Gasteiger partial charge >= 0.3 is 0 Å². The highest BCUT2D eigenvalue weighted by molar-refractivity contribution is 6.00. The van der Waals surface area contributed by atoms with Crippen molar-refractivity contribution in [2.45, 2.75) is 13.5 Å². The number of nitrogens with one attached hydrogen (secondary N) is 2. The second kappa shape index (κ2) is 6.66. The molecule has 0 aliphatic heterocycles. The van der Waals surface area contributed by atoms with E-state index in [4.69, 9.17) is 0 Å². The number of rotatable bonds is 5. The molecule has 0 spiro atoms. The standard InChI is InChI=1S/C15H16N4O3/c1-10-4-3-7-17-14(10)9-18-13-6-5-11(19(21)22)8-12(13)15(20)16-2/h3-8,18H,9H2,1-2H3,(H,16,20). The molecule has 0 bridgehead atoms. The zero-order valence-electron chi connectivity index (χ0n) is 12.3. The molecule has 114 valence electrons. The van der Waals surface area contributed by atoms with Gasteiger partial charge in [0.05, 0.1) is 22.7 Å². The van der Waals surface area contributed by atoms with Crippen molar-refractivity contribution in [3.05, 3.63) is 63.5 Å². The Balaban J connectivity index is 2.28. The number of anilines is 1. The van der Waals surface area contributed by atoms with Crippen molar-refractivity contribution in [1.82, 2.24) is 10.3 Å². The zero-order valence-corrected chi connectivity index (χ0v) is 12.3. The van der Waals surface area contributed by atoms with Gasteiger partial charge in [0.25, 0.3) is 11.6 Å². The van der Waals surface area contributed by atoms with E-state index in [9.17, 15) is 14.9 Å². The van der Waals surface area contributed by atoms with Gasteiger partial charge in [-0.15, -0.1) is 0 Å². The highest BCUT2D eigenvalue weighted by atomic mass is 16.6. The number of hydrogen-bond donors (Lipinski definition) is 2. The largest absolute Gasteiger partial charge is 0.379 e. The number of non-ortho nitro benzene ring substituents is 1. The summed E-state index contributed by atoms with van der Waals surface area (Å²) in [5.74, 6) is -0.385. The van der Waals surface area contributed by atoms with Gasteiger partial charge in [-0.2, -0.15) is 0 Å². The zero-order chi connectivity index (χ0) is 16.1. The normalized spacial score (nSPS) is 10.1. The minimum Gasteiger partial charge on any atom is -0.379 e. The summed E-state index contributed by atoms with van der Waals surface area (Å²) in [7, 11) is 1.48. The van der Waals surface area contributed by atoms with Crippen LogP contribution in [0.15, 0.2) is 36.5 Å². The van der Waals surface area contributed by atoms with Gasteiger partial charge in [-0.1, -0.05) is 6.07 Å². The van der Waals surface area contributed by atoms with Crippen molar-refractivity contribution in [1.29, 1.82) is 0 Å². The molecule has 22 heavy (non-hydrogen) atoms. The Morgan fingerprint density at radius 2 is 2.14 bits per heavy atom. The predicted molar refractivity (Wildman–Crippen MR) is 82.8 cm³/mol. The van der Waals surface area contributed by atoms with E-state index in [-0.39, 0.29) is 17.2 Å². The minimum absolute atomic E-state index is 0.127. The second-order valence-corrected chi connectivity index (χ2v) is 4.69. The van der Waals surface area contributed by atoms with Gasteiger partial charge in [0.1, 0.15) is 0 Å². The van der Waals surface area contributed by atoms with Crippen LogP contribution in [0.3, 0.4) is 0 Å². The number of nitro groups is 1. The summed E-state index contributed by atoms with van der Waals surface area (Å²) in [4.78, 5) is 26.5. The molecule has 2 N–H and O–H groups in total. The average molecular weight is 300 g/mol. The van der Waals surface area contributed by atoms with Crippen molar-refractivity contribution in [2.75, 3.05) is 12.4 Å². The number of benzene rings is 1. The molecular weight excluding hydrogens is 284 g/mol. The first kappa shape index (κ1) is 15.4. The molecule has 0 saturated carbocycles. The lowest BCUT2D eigenvalue weighted by Crippen LogP contribution is -2.20. The van der Waals surface area contributed by atoms with Gasteiger partial charge in [-0.05, 0) is 24.6 Å². The SMILES string of the molecule is CNC(=O)c1cc([N+](=O)[O-])ccc1NCc1ncccc1C. The number of nitrogens with zero attached hydrogens (tertiary/aromatic N) is 2. The lowest BCUT2D eigenvalue weighted by atomic mass is 10.1. The molecule has 0 unspecified atom stereocenters. The maximum atomic E-state index is 11.9. The molecule has 1 aromatic heterocycles. The Bertz CT molecular complexity index is 716. The van der Waals surface area contributed by atoms with E-state index < -0.39 is 4.92 Å². The summed E-state index contributed by atoms with van der Waals surface area (Å²) >= 11 is 0. The molecule has 7 heteroatoms. The van der Waals surface area contributed by atoms with E-state index in [0.717, 1.165) is 11.3 Å². The number of hydrogen-bond acceptors (Lipinski definition) is 5. The van der Waals surface area contributed by atoms with Crippen molar-refractivity contribution in [3.63, 3.8) is 0 Å². The van der Waals surface area contributed by atoms with Crippen molar-refractivity contribution in [3.8, 4) is 0 Å². The molecule has 2 aromatic rings. The Hall–Kier alpha value is -2.96. The van der Waals surface area contributed by atoms with E-state index in [1.807, 2.05) is 19.1 Å². The molecule has 0 fully saturated rings. The van der Waals surface area contributed by atoms with Gasteiger partial charge in [-0.25, -0.2) is 0 Å². The topological polar surface area (TPSA) is 97.2 Å². The third-order valence-corrected chi connectivity index (χ3v) is 3.25. The first-order chi connectivity index (χ1) is 10.5. The third-order valence-electron chi connectivity index (χ3n) is 3.25. The fourth-order valence-electron chi connectivity index (χ4n) is 2.00. The predicted octanol–water partition coefficient (Wildman–Crippen LogP) is 2.27. The number of amides is 1. The Morgan fingerprint density at radius 1 is 1.36 bits per heavy atom. The molecule has 7 nitrogen and oxygen atoms in total. The average Bonchev–Trinajstić information content (AvgIpc) is 2.53. The fourth-order valence-corrected chi connectivity index (χ4v) is 2.00. The van der Waals surface area contributed by atoms with Crippen LogP contribution in [-0.2, 0) is 6.54 Å². The molecule has 0 aliphatic carbocycles. The molecule has 0 aliphatic rings. The number of carbonyl (C=O) groups excluding carboxylic acids is 1. The number of nitro benzene ring substituents is 1. The summed E-state index contributed by atoms with van der Waals surface area (Å²) in [6, 6.07) is 7.94. The van der Waals surface area contributed by atoms with E-state index in [2.05, 4.69) is 15.6 Å². The van der Waals surface area contributed by atoms with Gasteiger partial charge in [0, 0.05) is 31.1 Å². The van der Waals surface area contributed by atoms with E-state index in [0.29, 0.717) is 12.2 Å². The van der Waals surface area contributed by atoms with Crippen LogP contribution >= 0.6 is 0 Å².